The first-order valence-electron chi connectivity index (χ1n) is 13.6. The van der Waals surface area contributed by atoms with Gasteiger partial charge < -0.3 is 24.1 Å². The molecule has 2 aliphatic rings. The molecule has 1 N–H and O–H groups in total. The van der Waals surface area contributed by atoms with Crippen LogP contribution in [-0.2, 0) is 42.4 Å². The number of methoxy groups -OCH3 is 1. The summed E-state index contributed by atoms with van der Waals surface area (Å²) in [6, 6.07) is 16.5. The van der Waals surface area contributed by atoms with Crippen molar-refractivity contribution in [2.24, 2.45) is 5.41 Å². The maximum absolute atomic E-state index is 11.9. The summed E-state index contributed by atoms with van der Waals surface area (Å²) in [5.74, 6) is -0.180. The van der Waals surface area contributed by atoms with Crippen molar-refractivity contribution in [3.8, 4) is 0 Å². The van der Waals surface area contributed by atoms with E-state index in [0.29, 0.717) is 19.6 Å². The minimum Gasteiger partial charge on any atom is -0.469 e. The third-order valence-corrected chi connectivity index (χ3v) is 7.54. The summed E-state index contributed by atoms with van der Waals surface area (Å²) < 4.78 is 23.2. The number of hydrogen-bond acceptors (Lipinski definition) is 6. The van der Waals surface area contributed by atoms with Crippen LogP contribution in [0.4, 0.5) is 0 Å². The van der Waals surface area contributed by atoms with Crippen molar-refractivity contribution in [2.75, 3.05) is 20.3 Å². The Morgan fingerprint density at radius 3 is 2.68 bits per heavy atom. The van der Waals surface area contributed by atoms with E-state index in [1.54, 1.807) is 0 Å². The van der Waals surface area contributed by atoms with Gasteiger partial charge >= 0.3 is 5.97 Å². The standard InChI is InChI=1S/C31H42O6/c1-30(2,33)26-12-5-4-10-24(26)14-15-27(37-22-31(16-17-31)20-28(32)34-3)25-11-8-9-23(19-25)21-36-29-13-6-7-18-35-29/h4-5,8-12,19,27,29,33H,6-7,13-18,20-22H2,1-3H3/t27-,29?/m1/s1. The molecular weight excluding hydrogens is 468 g/mol. The molecule has 202 valence electrons. The molecule has 1 saturated carbocycles. The Balaban J connectivity index is 1.47. The lowest BCUT2D eigenvalue weighted by Gasteiger charge is -2.25. The number of carbonyl (C=O) groups is 1. The first kappa shape index (κ1) is 27.8. The second-order valence-corrected chi connectivity index (χ2v) is 11.2. The molecule has 0 radical (unpaired) electrons. The molecule has 2 aromatic rings. The third kappa shape index (κ3) is 8.11. The van der Waals surface area contributed by atoms with E-state index in [1.807, 2.05) is 32.0 Å². The summed E-state index contributed by atoms with van der Waals surface area (Å²) >= 11 is 0. The van der Waals surface area contributed by atoms with E-state index in [1.165, 1.54) is 7.11 Å². The Hall–Kier alpha value is -2.25. The minimum absolute atomic E-state index is 0.116. The van der Waals surface area contributed by atoms with Gasteiger partial charge in [0.15, 0.2) is 6.29 Å². The summed E-state index contributed by atoms with van der Waals surface area (Å²) in [6.07, 6.45) is 6.79. The molecule has 1 aliphatic heterocycles. The topological polar surface area (TPSA) is 74.2 Å². The Labute approximate surface area is 221 Å². The van der Waals surface area contributed by atoms with E-state index in [2.05, 4.69) is 30.3 Å². The van der Waals surface area contributed by atoms with E-state index < -0.39 is 5.60 Å². The van der Waals surface area contributed by atoms with Crippen LogP contribution in [0.5, 0.6) is 0 Å². The number of benzene rings is 2. The number of rotatable bonds is 13. The van der Waals surface area contributed by atoms with Crippen LogP contribution in [0.1, 0.15) is 87.2 Å². The average Bonchev–Trinajstić information content (AvgIpc) is 3.67. The van der Waals surface area contributed by atoms with Gasteiger partial charge in [0.25, 0.3) is 0 Å². The summed E-state index contributed by atoms with van der Waals surface area (Å²) in [6.45, 7) is 5.43. The van der Waals surface area contributed by atoms with Gasteiger partial charge in [-0.25, -0.2) is 0 Å². The van der Waals surface area contributed by atoms with Gasteiger partial charge in [-0.1, -0.05) is 48.5 Å². The van der Waals surface area contributed by atoms with Gasteiger partial charge in [-0.2, -0.15) is 0 Å². The van der Waals surface area contributed by atoms with E-state index in [-0.39, 0.29) is 23.8 Å². The van der Waals surface area contributed by atoms with E-state index >= 15 is 0 Å². The lowest BCUT2D eigenvalue weighted by molar-refractivity contribution is -0.168. The van der Waals surface area contributed by atoms with Crippen LogP contribution in [-0.4, -0.2) is 37.7 Å². The monoisotopic (exact) mass is 510 g/mol. The van der Waals surface area contributed by atoms with Crippen LogP contribution in [0, 0.1) is 5.41 Å². The molecule has 1 unspecified atom stereocenters. The normalized spacial score (nSPS) is 19.8. The Bertz CT molecular complexity index is 1020. The van der Waals surface area contributed by atoms with Crippen LogP contribution < -0.4 is 0 Å². The molecule has 0 bridgehead atoms. The molecule has 2 atom stereocenters. The SMILES string of the molecule is COC(=O)CC1(CO[C@H](CCc2ccccc2C(C)(C)O)c2cccc(COC3CCCCO3)c2)CC1. The fourth-order valence-electron chi connectivity index (χ4n) is 5.09. The molecule has 37 heavy (non-hydrogen) atoms. The van der Waals surface area contributed by atoms with Gasteiger partial charge in [0.05, 0.1) is 38.4 Å². The zero-order chi connectivity index (χ0) is 26.3. The van der Waals surface area contributed by atoms with Crippen molar-refractivity contribution in [1.29, 1.82) is 0 Å². The van der Waals surface area contributed by atoms with Crippen LogP contribution in [0.15, 0.2) is 48.5 Å². The van der Waals surface area contributed by atoms with Crippen molar-refractivity contribution in [2.45, 2.75) is 89.8 Å². The molecule has 0 amide bonds. The first-order valence-corrected chi connectivity index (χ1v) is 13.6. The molecule has 4 rings (SSSR count). The number of esters is 1. The van der Waals surface area contributed by atoms with Gasteiger partial charge in [0.2, 0.25) is 0 Å². The maximum Gasteiger partial charge on any atom is 0.306 e. The Morgan fingerprint density at radius 1 is 1.16 bits per heavy atom. The zero-order valence-electron chi connectivity index (χ0n) is 22.5. The highest BCUT2D eigenvalue weighted by Gasteiger charge is 2.45. The van der Waals surface area contributed by atoms with Gasteiger partial charge in [0.1, 0.15) is 0 Å². The molecule has 1 saturated heterocycles. The van der Waals surface area contributed by atoms with Crippen molar-refractivity contribution in [1.82, 2.24) is 0 Å². The Morgan fingerprint density at radius 2 is 1.97 bits per heavy atom. The molecule has 6 nitrogen and oxygen atoms in total. The fourth-order valence-corrected chi connectivity index (χ4v) is 5.09. The fraction of sp³-hybridized carbons (Fsp3) is 0.581. The number of carbonyl (C=O) groups excluding carboxylic acids is 1. The molecule has 2 aromatic carbocycles. The van der Waals surface area contributed by atoms with Crippen molar-refractivity contribution in [3.63, 3.8) is 0 Å². The summed E-state index contributed by atoms with van der Waals surface area (Å²) in [7, 11) is 1.44. The predicted molar refractivity (Wildman–Crippen MR) is 142 cm³/mol. The van der Waals surface area contributed by atoms with E-state index in [4.69, 9.17) is 18.9 Å². The average molecular weight is 511 g/mol. The number of ether oxygens (including phenoxy) is 4. The molecule has 1 heterocycles. The summed E-state index contributed by atoms with van der Waals surface area (Å²) in [4.78, 5) is 11.9. The van der Waals surface area contributed by atoms with E-state index in [9.17, 15) is 9.90 Å². The molecule has 0 aromatic heterocycles. The summed E-state index contributed by atoms with van der Waals surface area (Å²) in [5, 5.41) is 10.7. The number of aryl methyl sites for hydroxylation is 1. The highest BCUT2D eigenvalue weighted by molar-refractivity contribution is 5.70. The van der Waals surface area contributed by atoms with Gasteiger partial charge in [-0.05, 0) is 81.0 Å². The lowest BCUT2D eigenvalue weighted by Crippen LogP contribution is -2.22. The predicted octanol–water partition coefficient (Wildman–Crippen LogP) is 5.99. The van der Waals surface area contributed by atoms with Crippen LogP contribution in [0.25, 0.3) is 0 Å². The van der Waals surface area contributed by atoms with Gasteiger partial charge in [-0.3, -0.25) is 4.79 Å². The molecule has 2 fully saturated rings. The first-order chi connectivity index (χ1) is 17.8. The molecule has 6 heteroatoms. The Kier molecular flexibility index (Phi) is 9.41. The summed E-state index contributed by atoms with van der Waals surface area (Å²) in [5.41, 5.74) is 3.22. The number of aliphatic hydroxyl groups is 1. The van der Waals surface area contributed by atoms with Crippen LogP contribution in [0.2, 0.25) is 0 Å². The molecule has 1 aliphatic carbocycles. The second-order valence-electron chi connectivity index (χ2n) is 11.2. The quantitative estimate of drug-likeness (QED) is 0.334. The smallest absolute Gasteiger partial charge is 0.306 e. The van der Waals surface area contributed by atoms with Crippen molar-refractivity contribution in [3.05, 3.63) is 70.8 Å². The maximum atomic E-state index is 11.9. The largest absolute Gasteiger partial charge is 0.469 e. The van der Waals surface area contributed by atoms with Crippen molar-refractivity contribution < 1.29 is 28.8 Å². The minimum atomic E-state index is -0.913. The second kappa shape index (κ2) is 12.5. The number of hydrogen-bond donors (Lipinski definition) is 1. The van der Waals surface area contributed by atoms with Crippen molar-refractivity contribution >= 4 is 5.97 Å². The molecule has 0 spiro atoms. The zero-order valence-corrected chi connectivity index (χ0v) is 22.5. The van der Waals surface area contributed by atoms with Gasteiger partial charge in [-0.15, -0.1) is 0 Å². The van der Waals surface area contributed by atoms with Crippen LogP contribution >= 0.6 is 0 Å². The van der Waals surface area contributed by atoms with Gasteiger partial charge in [0, 0.05) is 12.0 Å². The van der Waals surface area contributed by atoms with E-state index in [0.717, 1.165) is 73.8 Å². The third-order valence-electron chi connectivity index (χ3n) is 7.54. The lowest BCUT2D eigenvalue weighted by atomic mass is 9.89. The highest BCUT2D eigenvalue weighted by atomic mass is 16.7. The van der Waals surface area contributed by atoms with Crippen LogP contribution in [0.3, 0.4) is 0 Å². The molecular formula is C31H42O6. The highest BCUT2D eigenvalue weighted by Crippen LogP contribution is 2.50.